The average molecular weight is 262 g/mol. The number of carbonyl (C=O) groups is 1. The molecule has 0 amide bonds. The molecule has 0 atom stereocenters. The van der Waals surface area contributed by atoms with Gasteiger partial charge in [0.15, 0.2) is 5.78 Å². The van der Waals surface area contributed by atoms with Crippen LogP contribution in [0, 0.1) is 5.92 Å². The summed E-state index contributed by atoms with van der Waals surface area (Å²) in [5.41, 5.74) is 1.68. The van der Waals surface area contributed by atoms with E-state index in [-0.39, 0.29) is 11.7 Å². The van der Waals surface area contributed by atoms with Gasteiger partial charge >= 0.3 is 0 Å². The minimum absolute atomic E-state index is 0.205. The second-order valence-corrected chi connectivity index (χ2v) is 5.47. The number of H-pyrrole nitrogens is 1. The molecule has 1 aromatic heterocycles. The summed E-state index contributed by atoms with van der Waals surface area (Å²) < 4.78 is 0. The Kier molecular flexibility index (Phi) is 3.13. The van der Waals surface area contributed by atoms with E-state index in [0.717, 1.165) is 29.3 Å². The SMILES string of the molecule is O=C(c1c[nH]c2c(Cl)cccc12)C1CCCCC1. The third-order valence-electron chi connectivity index (χ3n) is 3.91. The highest BCUT2D eigenvalue weighted by Gasteiger charge is 2.24. The molecule has 1 aliphatic carbocycles. The Balaban J connectivity index is 1.98. The van der Waals surface area contributed by atoms with Crippen LogP contribution in [0.15, 0.2) is 24.4 Å². The summed E-state index contributed by atoms with van der Waals surface area (Å²) in [6.07, 6.45) is 7.51. The Morgan fingerprint density at radius 3 is 2.78 bits per heavy atom. The van der Waals surface area contributed by atoms with Crippen LogP contribution < -0.4 is 0 Å². The van der Waals surface area contributed by atoms with E-state index in [2.05, 4.69) is 4.98 Å². The Morgan fingerprint density at radius 2 is 2.00 bits per heavy atom. The summed E-state index contributed by atoms with van der Waals surface area (Å²) >= 11 is 6.12. The van der Waals surface area contributed by atoms with Gasteiger partial charge < -0.3 is 4.98 Å². The van der Waals surface area contributed by atoms with Crippen molar-refractivity contribution in [2.45, 2.75) is 32.1 Å². The van der Waals surface area contributed by atoms with Crippen LogP contribution in [0.25, 0.3) is 10.9 Å². The van der Waals surface area contributed by atoms with Crippen LogP contribution >= 0.6 is 11.6 Å². The van der Waals surface area contributed by atoms with Crippen molar-refractivity contribution in [3.8, 4) is 0 Å². The molecule has 0 spiro atoms. The summed E-state index contributed by atoms with van der Waals surface area (Å²) in [4.78, 5) is 15.6. The Hall–Kier alpha value is -1.28. The lowest BCUT2D eigenvalue weighted by atomic mass is 9.84. The number of ketones is 1. The number of nitrogens with one attached hydrogen (secondary N) is 1. The van der Waals surface area contributed by atoms with E-state index in [1.165, 1.54) is 19.3 Å². The van der Waals surface area contributed by atoms with Gasteiger partial charge in [0.2, 0.25) is 0 Å². The van der Waals surface area contributed by atoms with E-state index in [4.69, 9.17) is 11.6 Å². The van der Waals surface area contributed by atoms with Gasteiger partial charge in [-0.2, -0.15) is 0 Å². The standard InChI is InChI=1S/C15H16ClNO/c16-13-8-4-7-11-12(9-17-14(11)13)15(18)10-5-2-1-3-6-10/h4,7-10,17H,1-3,5-6H2. The van der Waals surface area contributed by atoms with Crippen molar-refractivity contribution < 1.29 is 4.79 Å². The maximum absolute atomic E-state index is 12.5. The monoisotopic (exact) mass is 261 g/mol. The molecule has 0 unspecified atom stereocenters. The third kappa shape index (κ3) is 1.95. The summed E-state index contributed by atoms with van der Waals surface area (Å²) in [7, 11) is 0. The molecule has 0 saturated heterocycles. The molecule has 1 N–H and O–H groups in total. The average Bonchev–Trinajstić information content (AvgIpc) is 2.84. The van der Waals surface area contributed by atoms with Gasteiger partial charge in [0, 0.05) is 23.1 Å². The van der Waals surface area contributed by atoms with Crippen LogP contribution in [-0.2, 0) is 0 Å². The molecule has 1 aliphatic rings. The van der Waals surface area contributed by atoms with Crippen LogP contribution in [-0.4, -0.2) is 10.8 Å². The fraction of sp³-hybridized carbons (Fsp3) is 0.400. The zero-order valence-corrected chi connectivity index (χ0v) is 11.0. The van der Waals surface area contributed by atoms with Gasteiger partial charge in [0.25, 0.3) is 0 Å². The highest BCUT2D eigenvalue weighted by atomic mass is 35.5. The van der Waals surface area contributed by atoms with E-state index in [1.54, 1.807) is 0 Å². The summed E-state index contributed by atoms with van der Waals surface area (Å²) in [5.74, 6) is 0.486. The molecular formula is C15H16ClNO. The van der Waals surface area contributed by atoms with Crippen molar-refractivity contribution in [1.29, 1.82) is 0 Å². The van der Waals surface area contributed by atoms with Gasteiger partial charge in [-0.3, -0.25) is 4.79 Å². The fourth-order valence-corrected chi connectivity index (χ4v) is 3.14. The number of rotatable bonds is 2. The van der Waals surface area contributed by atoms with Crippen LogP contribution in [0.2, 0.25) is 5.02 Å². The van der Waals surface area contributed by atoms with Crippen molar-refractivity contribution >= 4 is 28.3 Å². The van der Waals surface area contributed by atoms with Gasteiger partial charge in [0.1, 0.15) is 0 Å². The zero-order valence-electron chi connectivity index (χ0n) is 10.2. The largest absolute Gasteiger partial charge is 0.359 e. The van der Waals surface area contributed by atoms with Crippen LogP contribution in [0.1, 0.15) is 42.5 Å². The number of benzene rings is 1. The van der Waals surface area contributed by atoms with Crippen molar-refractivity contribution in [2.75, 3.05) is 0 Å². The number of Topliss-reactive ketones (excluding diaryl/α,β-unsaturated/α-hetero) is 1. The number of hydrogen-bond acceptors (Lipinski definition) is 1. The molecule has 0 radical (unpaired) electrons. The van der Waals surface area contributed by atoms with Gasteiger partial charge in [-0.05, 0) is 18.9 Å². The molecule has 3 heteroatoms. The summed E-state index contributed by atoms with van der Waals surface area (Å²) in [6.45, 7) is 0. The van der Waals surface area contributed by atoms with E-state index >= 15 is 0 Å². The summed E-state index contributed by atoms with van der Waals surface area (Å²) in [5, 5.41) is 1.63. The number of hydrogen-bond donors (Lipinski definition) is 1. The molecule has 2 nitrogen and oxygen atoms in total. The molecule has 2 aromatic rings. The number of aromatic amines is 1. The highest BCUT2D eigenvalue weighted by molar-refractivity contribution is 6.35. The normalized spacial score (nSPS) is 17.2. The van der Waals surface area contributed by atoms with Gasteiger partial charge in [-0.15, -0.1) is 0 Å². The molecule has 18 heavy (non-hydrogen) atoms. The Bertz CT molecular complexity index is 581. The first-order chi connectivity index (χ1) is 8.77. The quantitative estimate of drug-likeness (QED) is 0.789. The predicted octanol–water partition coefficient (Wildman–Crippen LogP) is 4.58. The van der Waals surface area contributed by atoms with Crippen molar-refractivity contribution in [1.82, 2.24) is 4.98 Å². The Labute approximate surface area is 111 Å². The molecule has 0 bridgehead atoms. The zero-order chi connectivity index (χ0) is 12.5. The molecular weight excluding hydrogens is 246 g/mol. The first-order valence-electron chi connectivity index (χ1n) is 6.57. The maximum Gasteiger partial charge on any atom is 0.168 e. The molecule has 1 fully saturated rings. The third-order valence-corrected chi connectivity index (χ3v) is 4.22. The number of para-hydroxylation sites is 1. The van der Waals surface area contributed by atoms with E-state index < -0.39 is 0 Å². The number of carbonyl (C=O) groups excluding carboxylic acids is 1. The predicted molar refractivity (Wildman–Crippen MR) is 74.2 cm³/mol. The first kappa shape index (κ1) is 11.8. The van der Waals surface area contributed by atoms with Crippen LogP contribution in [0.4, 0.5) is 0 Å². The lowest BCUT2D eigenvalue weighted by Gasteiger charge is -2.19. The lowest BCUT2D eigenvalue weighted by molar-refractivity contribution is 0.0891. The van der Waals surface area contributed by atoms with E-state index in [1.807, 2.05) is 24.4 Å². The van der Waals surface area contributed by atoms with Crippen molar-refractivity contribution in [2.24, 2.45) is 5.92 Å². The maximum atomic E-state index is 12.5. The second kappa shape index (κ2) is 4.77. The van der Waals surface area contributed by atoms with Crippen molar-refractivity contribution in [3.63, 3.8) is 0 Å². The molecule has 1 aromatic carbocycles. The van der Waals surface area contributed by atoms with Gasteiger partial charge in [0.05, 0.1) is 10.5 Å². The molecule has 3 rings (SSSR count). The molecule has 1 saturated carbocycles. The number of halogens is 1. The topological polar surface area (TPSA) is 32.9 Å². The Morgan fingerprint density at radius 1 is 1.22 bits per heavy atom. The smallest absolute Gasteiger partial charge is 0.168 e. The molecule has 94 valence electrons. The number of aromatic nitrogens is 1. The van der Waals surface area contributed by atoms with Gasteiger partial charge in [-0.25, -0.2) is 0 Å². The van der Waals surface area contributed by atoms with E-state index in [9.17, 15) is 4.79 Å². The summed E-state index contributed by atoms with van der Waals surface area (Å²) in [6, 6.07) is 5.71. The van der Waals surface area contributed by atoms with Crippen molar-refractivity contribution in [3.05, 3.63) is 35.0 Å². The minimum atomic E-state index is 0.205. The van der Waals surface area contributed by atoms with Crippen LogP contribution in [0.3, 0.4) is 0 Å². The lowest BCUT2D eigenvalue weighted by Crippen LogP contribution is -2.17. The van der Waals surface area contributed by atoms with Crippen LogP contribution in [0.5, 0.6) is 0 Å². The molecule has 0 aliphatic heterocycles. The fourth-order valence-electron chi connectivity index (χ4n) is 2.91. The number of fused-ring (bicyclic) bond motifs is 1. The molecule has 1 heterocycles. The van der Waals surface area contributed by atoms with E-state index in [0.29, 0.717) is 5.02 Å². The minimum Gasteiger partial charge on any atom is -0.359 e. The first-order valence-corrected chi connectivity index (χ1v) is 6.95. The highest BCUT2D eigenvalue weighted by Crippen LogP contribution is 2.31. The van der Waals surface area contributed by atoms with Gasteiger partial charge in [-0.1, -0.05) is 43.0 Å². The second-order valence-electron chi connectivity index (χ2n) is 5.06.